The molecule has 0 saturated carbocycles. The fourth-order valence-electron chi connectivity index (χ4n) is 4.33. The van der Waals surface area contributed by atoms with Crippen molar-refractivity contribution in [2.24, 2.45) is 11.8 Å². The first-order valence-electron chi connectivity index (χ1n) is 9.16. The molecule has 4 rings (SSSR count). The number of carbonyl (C=O) groups is 3. The van der Waals surface area contributed by atoms with Crippen molar-refractivity contribution >= 4 is 23.4 Å². The molecule has 7 nitrogen and oxygen atoms in total. The van der Waals surface area contributed by atoms with Crippen molar-refractivity contribution in [3.05, 3.63) is 29.8 Å². The second-order valence-corrected chi connectivity index (χ2v) is 7.26. The maximum atomic E-state index is 12.5. The molecule has 3 amide bonds. The lowest BCUT2D eigenvalue weighted by Crippen LogP contribution is -2.37. The van der Waals surface area contributed by atoms with Crippen molar-refractivity contribution < 1.29 is 19.1 Å². The number of carbonyl (C=O) groups excluding carboxylic acids is 3. The standard InChI is InChI=1S/C19H23N3O4/c20-12-3-1-11(2-4-12)7-9-21-15(23)8-10-22-18(24)16-13-5-6-14(26-13)17(16)19(22)25/h1-4,13-14,16-17H,5-10,20H2,(H,21,23). The molecule has 3 fully saturated rings. The van der Waals surface area contributed by atoms with Crippen molar-refractivity contribution in [1.82, 2.24) is 10.2 Å². The zero-order valence-electron chi connectivity index (χ0n) is 14.5. The van der Waals surface area contributed by atoms with Crippen molar-refractivity contribution in [1.29, 1.82) is 0 Å². The van der Waals surface area contributed by atoms with Gasteiger partial charge in [0.25, 0.3) is 0 Å². The molecule has 0 aromatic heterocycles. The Morgan fingerprint density at radius 3 is 2.35 bits per heavy atom. The minimum absolute atomic E-state index is 0.111. The van der Waals surface area contributed by atoms with E-state index in [-0.39, 0.29) is 54.7 Å². The van der Waals surface area contributed by atoms with Crippen LogP contribution in [0.5, 0.6) is 0 Å². The van der Waals surface area contributed by atoms with E-state index in [1.165, 1.54) is 4.90 Å². The first kappa shape index (κ1) is 17.0. The predicted octanol–water partition coefficient (Wildman–Crippen LogP) is 0.480. The third-order valence-electron chi connectivity index (χ3n) is 5.65. The van der Waals surface area contributed by atoms with Gasteiger partial charge in [0.2, 0.25) is 17.7 Å². The molecule has 138 valence electrons. The van der Waals surface area contributed by atoms with E-state index in [1.54, 1.807) is 0 Å². The van der Waals surface area contributed by atoms with Gasteiger partial charge in [-0.15, -0.1) is 0 Å². The second-order valence-electron chi connectivity index (χ2n) is 7.26. The number of nitrogen functional groups attached to an aromatic ring is 1. The van der Waals surface area contributed by atoms with E-state index in [2.05, 4.69) is 5.32 Å². The Labute approximate surface area is 151 Å². The average Bonchev–Trinajstić information content (AvgIpc) is 3.30. The van der Waals surface area contributed by atoms with E-state index < -0.39 is 0 Å². The number of ether oxygens (including phenoxy) is 1. The molecular formula is C19H23N3O4. The van der Waals surface area contributed by atoms with E-state index in [9.17, 15) is 14.4 Å². The Bertz CT molecular complexity index is 705. The van der Waals surface area contributed by atoms with Gasteiger partial charge in [-0.3, -0.25) is 19.3 Å². The summed E-state index contributed by atoms with van der Waals surface area (Å²) in [5.41, 5.74) is 7.44. The summed E-state index contributed by atoms with van der Waals surface area (Å²) < 4.78 is 5.70. The highest BCUT2D eigenvalue weighted by molar-refractivity contribution is 6.06. The second kappa shape index (κ2) is 6.72. The zero-order chi connectivity index (χ0) is 18.3. The maximum absolute atomic E-state index is 12.5. The number of nitrogens with one attached hydrogen (secondary N) is 1. The number of likely N-dealkylation sites (tertiary alicyclic amines) is 1. The van der Waals surface area contributed by atoms with Gasteiger partial charge in [-0.25, -0.2) is 0 Å². The van der Waals surface area contributed by atoms with Crippen LogP contribution in [-0.2, 0) is 25.5 Å². The number of nitrogens with two attached hydrogens (primary N) is 1. The van der Waals surface area contributed by atoms with Gasteiger partial charge >= 0.3 is 0 Å². The van der Waals surface area contributed by atoms with E-state index in [0.717, 1.165) is 18.4 Å². The average molecular weight is 357 g/mol. The van der Waals surface area contributed by atoms with Crippen LogP contribution in [0, 0.1) is 11.8 Å². The Kier molecular flexibility index (Phi) is 4.40. The minimum Gasteiger partial charge on any atom is -0.399 e. The van der Waals surface area contributed by atoms with Gasteiger partial charge in [0.1, 0.15) is 0 Å². The molecule has 1 aromatic carbocycles. The largest absolute Gasteiger partial charge is 0.399 e. The molecule has 7 heteroatoms. The van der Waals surface area contributed by atoms with Crippen molar-refractivity contribution in [2.45, 2.75) is 37.9 Å². The molecule has 3 aliphatic rings. The Hall–Kier alpha value is -2.41. The van der Waals surface area contributed by atoms with Crippen LogP contribution in [0.25, 0.3) is 0 Å². The topological polar surface area (TPSA) is 102 Å². The fourth-order valence-corrected chi connectivity index (χ4v) is 4.33. The summed E-state index contributed by atoms with van der Waals surface area (Å²) in [6, 6.07) is 7.52. The number of hydrogen-bond donors (Lipinski definition) is 2. The van der Waals surface area contributed by atoms with Crippen molar-refractivity contribution in [2.75, 3.05) is 18.8 Å². The number of anilines is 1. The van der Waals surface area contributed by atoms with E-state index in [0.29, 0.717) is 18.7 Å². The smallest absolute Gasteiger partial charge is 0.235 e. The molecule has 3 saturated heterocycles. The van der Waals surface area contributed by atoms with Crippen LogP contribution in [0.15, 0.2) is 24.3 Å². The monoisotopic (exact) mass is 357 g/mol. The van der Waals surface area contributed by atoms with Gasteiger partial charge in [0.15, 0.2) is 0 Å². The molecule has 0 aliphatic carbocycles. The first-order valence-corrected chi connectivity index (χ1v) is 9.16. The third kappa shape index (κ3) is 2.96. The van der Waals surface area contributed by atoms with Gasteiger partial charge in [0, 0.05) is 25.2 Å². The highest BCUT2D eigenvalue weighted by Gasteiger charge is 2.62. The summed E-state index contributed by atoms with van der Waals surface area (Å²) in [5.74, 6) is -1.13. The maximum Gasteiger partial charge on any atom is 0.235 e. The Morgan fingerprint density at radius 2 is 1.73 bits per heavy atom. The Balaban J connectivity index is 1.24. The molecule has 3 heterocycles. The summed E-state index contributed by atoms with van der Waals surface area (Å²) in [6.45, 7) is 0.658. The molecule has 26 heavy (non-hydrogen) atoms. The summed E-state index contributed by atoms with van der Waals surface area (Å²) in [4.78, 5) is 38.3. The number of benzene rings is 1. The zero-order valence-corrected chi connectivity index (χ0v) is 14.5. The van der Waals surface area contributed by atoms with Gasteiger partial charge in [-0.05, 0) is 37.0 Å². The minimum atomic E-state index is -0.324. The lowest BCUT2D eigenvalue weighted by atomic mass is 9.81. The molecular weight excluding hydrogens is 334 g/mol. The van der Waals surface area contributed by atoms with Crippen LogP contribution >= 0.6 is 0 Å². The van der Waals surface area contributed by atoms with Gasteiger partial charge in [-0.1, -0.05) is 12.1 Å². The van der Waals surface area contributed by atoms with Crippen LogP contribution in [0.4, 0.5) is 5.69 Å². The summed E-state index contributed by atoms with van der Waals surface area (Å²) >= 11 is 0. The lowest BCUT2D eigenvalue weighted by Gasteiger charge is -2.17. The number of rotatable bonds is 6. The first-order chi connectivity index (χ1) is 12.5. The number of hydrogen-bond acceptors (Lipinski definition) is 5. The number of fused-ring (bicyclic) bond motifs is 5. The number of amides is 3. The SMILES string of the molecule is Nc1ccc(CCNC(=O)CCN2C(=O)C3C4CCC(O4)C3C2=O)cc1. The van der Waals surface area contributed by atoms with Crippen LogP contribution in [0.1, 0.15) is 24.8 Å². The molecule has 1 aromatic rings. The summed E-state index contributed by atoms with van der Waals surface area (Å²) in [7, 11) is 0. The van der Waals surface area contributed by atoms with Crippen LogP contribution in [0.3, 0.4) is 0 Å². The lowest BCUT2D eigenvalue weighted by molar-refractivity contribution is -0.142. The van der Waals surface area contributed by atoms with Crippen LogP contribution in [0.2, 0.25) is 0 Å². The van der Waals surface area contributed by atoms with Gasteiger partial charge < -0.3 is 15.8 Å². The molecule has 3 N–H and O–H groups in total. The summed E-state index contributed by atoms with van der Waals surface area (Å²) in [5, 5.41) is 2.84. The molecule has 0 spiro atoms. The number of nitrogens with zero attached hydrogens (tertiary/aromatic N) is 1. The van der Waals surface area contributed by atoms with Crippen LogP contribution in [-0.4, -0.2) is 47.9 Å². The van der Waals surface area contributed by atoms with E-state index in [1.807, 2.05) is 24.3 Å². The predicted molar refractivity (Wildman–Crippen MR) is 93.8 cm³/mol. The molecule has 0 radical (unpaired) electrons. The van der Waals surface area contributed by atoms with E-state index >= 15 is 0 Å². The van der Waals surface area contributed by atoms with E-state index in [4.69, 9.17) is 10.5 Å². The fraction of sp³-hybridized carbons (Fsp3) is 0.526. The van der Waals surface area contributed by atoms with Gasteiger partial charge in [0.05, 0.1) is 24.0 Å². The molecule has 4 atom stereocenters. The molecule has 2 bridgehead atoms. The molecule has 4 unspecified atom stereocenters. The van der Waals surface area contributed by atoms with Crippen LogP contribution < -0.4 is 11.1 Å². The highest BCUT2D eigenvalue weighted by atomic mass is 16.5. The quantitative estimate of drug-likeness (QED) is 0.570. The van der Waals surface area contributed by atoms with Crippen molar-refractivity contribution in [3.63, 3.8) is 0 Å². The molecule has 3 aliphatic heterocycles. The highest BCUT2D eigenvalue weighted by Crippen LogP contribution is 2.48. The van der Waals surface area contributed by atoms with Crippen molar-refractivity contribution in [3.8, 4) is 0 Å². The summed E-state index contributed by atoms with van der Waals surface area (Å²) in [6.07, 6.45) is 2.32. The Morgan fingerprint density at radius 1 is 1.12 bits per heavy atom. The van der Waals surface area contributed by atoms with Gasteiger partial charge in [-0.2, -0.15) is 0 Å². The number of imide groups is 1. The third-order valence-corrected chi connectivity index (χ3v) is 5.65. The normalized spacial score (nSPS) is 29.3.